The number of piperazine rings is 1. The van der Waals surface area contributed by atoms with Crippen molar-refractivity contribution in [1.29, 1.82) is 0 Å². The van der Waals surface area contributed by atoms with Gasteiger partial charge in [0.25, 0.3) is 11.5 Å². The summed E-state index contributed by atoms with van der Waals surface area (Å²) in [6, 6.07) is 12.1. The Kier molecular flexibility index (Phi) is 16.6. The van der Waals surface area contributed by atoms with E-state index in [0.717, 1.165) is 50.1 Å². The monoisotopic (exact) mass is 933 g/mol. The van der Waals surface area contributed by atoms with Gasteiger partial charge in [-0.15, -0.1) is 10.2 Å². The van der Waals surface area contributed by atoms with Crippen LogP contribution in [-0.2, 0) is 19.1 Å². The zero-order valence-corrected chi connectivity index (χ0v) is 39.2. The maximum atomic E-state index is 13.6. The molecule has 4 aromatic heterocycles. The van der Waals surface area contributed by atoms with E-state index in [1.165, 1.54) is 14.0 Å². The third-order valence-corrected chi connectivity index (χ3v) is 11.9. The third-order valence-electron chi connectivity index (χ3n) is 11.9. The normalized spacial score (nSPS) is 14.2. The zero-order chi connectivity index (χ0) is 48.2. The molecule has 1 saturated carbocycles. The molecule has 360 valence electrons. The Bertz CT molecular complexity index is 2630. The molecule has 4 N–H and O–H groups in total. The van der Waals surface area contributed by atoms with Crippen molar-refractivity contribution >= 4 is 69.2 Å². The second-order valence-corrected chi connectivity index (χ2v) is 16.8. The molecule has 2 fully saturated rings. The predicted octanol–water partition coefficient (Wildman–Crippen LogP) is 3.97. The van der Waals surface area contributed by atoms with Gasteiger partial charge in [-0.2, -0.15) is 4.98 Å². The SMILES string of the molecule is COc1ccc(NC(=O)c2ccc(N(C)C)cc2NC(=O)CCOCCOCCNC(=O)CN2CCN(c3ccc(Nc4ncc5c(C)c(C(C)=O)c(=O)n(C6CCCC6)c5n4)nc3)CC2)nn1. The van der Waals surface area contributed by atoms with Gasteiger partial charge in [-0.25, -0.2) is 9.97 Å². The minimum atomic E-state index is -0.465. The second-order valence-electron chi connectivity index (χ2n) is 16.8. The zero-order valence-electron chi connectivity index (χ0n) is 39.2. The first-order valence-electron chi connectivity index (χ1n) is 22.7. The van der Waals surface area contributed by atoms with Gasteiger partial charge in [-0.3, -0.25) is 33.4 Å². The fraction of sp³-hybridized carbons (Fsp3) is 0.447. The minimum Gasteiger partial charge on any atom is -0.480 e. The van der Waals surface area contributed by atoms with Gasteiger partial charge < -0.3 is 45.3 Å². The first kappa shape index (κ1) is 48.8. The summed E-state index contributed by atoms with van der Waals surface area (Å²) in [4.78, 5) is 84.7. The summed E-state index contributed by atoms with van der Waals surface area (Å²) in [7, 11) is 5.19. The van der Waals surface area contributed by atoms with Gasteiger partial charge in [0.05, 0.1) is 75.2 Å². The number of methoxy groups -OCH3 is 1. The van der Waals surface area contributed by atoms with Gasteiger partial charge in [0.2, 0.25) is 23.6 Å². The van der Waals surface area contributed by atoms with Gasteiger partial charge in [-0.1, -0.05) is 12.8 Å². The van der Waals surface area contributed by atoms with E-state index in [4.69, 9.17) is 19.2 Å². The fourth-order valence-electron chi connectivity index (χ4n) is 8.25. The molecule has 1 aromatic carbocycles. The number of ketones is 1. The maximum absolute atomic E-state index is 13.6. The second kappa shape index (κ2) is 23.1. The molecule has 5 heterocycles. The first-order valence-corrected chi connectivity index (χ1v) is 22.7. The van der Waals surface area contributed by atoms with Crippen LogP contribution in [0.15, 0.2) is 59.7 Å². The molecule has 0 bridgehead atoms. The van der Waals surface area contributed by atoms with Crippen LogP contribution in [0.3, 0.4) is 0 Å². The largest absolute Gasteiger partial charge is 0.480 e. The molecule has 68 heavy (non-hydrogen) atoms. The number of Topliss-reactive ketones (excluding diaryl/α,β-unsaturated/α-hetero) is 1. The van der Waals surface area contributed by atoms with E-state index >= 15 is 0 Å². The number of benzene rings is 1. The topological polar surface area (TPSA) is 240 Å². The molecule has 7 rings (SSSR count). The number of carbonyl (C=O) groups excluding carboxylic acids is 4. The fourth-order valence-corrected chi connectivity index (χ4v) is 8.25. The summed E-state index contributed by atoms with van der Waals surface area (Å²) in [5.41, 5.74) is 3.36. The van der Waals surface area contributed by atoms with E-state index in [-0.39, 0.29) is 72.3 Å². The Morgan fingerprint density at radius 3 is 2.26 bits per heavy atom. The number of fused-ring (bicyclic) bond motifs is 1. The molecule has 2 aliphatic rings. The number of aromatic nitrogens is 6. The van der Waals surface area contributed by atoms with Gasteiger partial charge in [0.1, 0.15) is 11.5 Å². The van der Waals surface area contributed by atoms with Crippen molar-refractivity contribution in [3.05, 3.63) is 81.9 Å². The summed E-state index contributed by atoms with van der Waals surface area (Å²) in [6.45, 7) is 7.70. The average Bonchev–Trinajstić information content (AvgIpc) is 3.86. The van der Waals surface area contributed by atoms with E-state index in [1.807, 2.05) is 31.1 Å². The Hall–Kier alpha value is -7.10. The average molecular weight is 934 g/mol. The van der Waals surface area contributed by atoms with E-state index < -0.39 is 5.91 Å². The molecular weight excluding hydrogens is 875 g/mol. The third kappa shape index (κ3) is 12.5. The van der Waals surface area contributed by atoms with Crippen molar-refractivity contribution in [2.24, 2.45) is 0 Å². The van der Waals surface area contributed by atoms with Gasteiger partial charge >= 0.3 is 0 Å². The lowest BCUT2D eigenvalue weighted by Crippen LogP contribution is -2.49. The summed E-state index contributed by atoms with van der Waals surface area (Å²) in [5.74, 6) is 0.274. The minimum absolute atomic E-state index is 0.0110. The Balaban J connectivity index is 0.772. The van der Waals surface area contributed by atoms with E-state index in [9.17, 15) is 24.0 Å². The molecule has 0 spiro atoms. The van der Waals surface area contributed by atoms with Crippen molar-refractivity contribution in [3.8, 4) is 5.88 Å². The highest BCUT2D eigenvalue weighted by atomic mass is 16.5. The van der Waals surface area contributed by atoms with Crippen LogP contribution in [0.2, 0.25) is 0 Å². The number of pyridine rings is 2. The van der Waals surface area contributed by atoms with Crippen LogP contribution in [0, 0.1) is 6.92 Å². The van der Waals surface area contributed by atoms with Crippen molar-refractivity contribution in [2.75, 3.05) is 113 Å². The van der Waals surface area contributed by atoms with Crippen LogP contribution < -0.4 is 41.4 Å². The molecule has 3 amide bonds. The summed E-state index contributed by atoms with van der Waals surface area (Å²) in [6.07, 6.45) is 7.29. The number of rotatable bonds is 21. The molecule has 5 aromatic rings. The number of nitrogens with one attached hydrogen (secondary N) is 4. The number of anilines is 6. The van der Waals surface area contributed by atoms with E-state index in [0.29, 0.717) is 72.8 Å². The molecule has 21 nitrogen and oxygen atoms in total. The lowest BCUT2D eigenvalue weighted by atomic mass is 10.0. The lowest BCUT2D eigenvalue weighted by Gasteiger charge is -2.35. The molecule has 0 unspecified atom stereocenters. The van der Waals surface area contributed by atoms with E-state index in [1.54, 1.807) is 54.2 Å². The number of hydrogen-bond acceptors (Lipinski definition) is 17. The number of amides is 3. The highest BCUT2D eigenvalue weighted by Gasteiger charge is 2.26. The van der Waals surface area contributed by atoms with Gasteiger partial charge in [0.15, 0.2) is 11.6 Å². The quantitative estimate of drug-likeness (QED) is 0.0601. The maximum Gasteiger partial charge on any atom is 0.263 e. The van der Waals surface area contributed by atoms with Crippen molar-refractivity contribution < 1.29 is 33.4 Å². The van der Waals surface area contributed by atoms with E-state index in [2.05, 4.69) is 51.2 Å². The summed E-state index contributed by atoms with van der Waals surface area (Å²) < 4.78 is 17.9. The summed E-state index contributed by atoms with van der Waals surface area (Å²) >= 11 is 0. The van der Waals surface area contributed by atoms with Crippen LogP contribution in [0.5, 0.6) is 5.88 Å². The summed E-state index contributed by atoms with van der Waals surface area (Å²) in [5, 5.41) is 20.1. The van der Waals surface area contributed by atoms with Crippen LogP contribution in [0.1, 0.15) is 71.3 Å². The number of nitrogens with zero attached hydrogens (tertiary/aromatic N) is 9. The molecule has 21 heteroatoms. The van der Waals surface area contributed by atoms with Crippen molar-refractivity contribution in [3.63, 3.8) is 0 Å². The number of carbonyl (C=O) groups is 4. The predicted molar refractivity (Wildman–Crippen MR) is 257 cm³/mol. The van der Waals surface area contributed by atoms with Crippen LogP contribution in [-0.4, -0.2) is 145 Å². The molecule has 0 radical (unpaired) electrons. The van der Waals surface area contributed by atoms with Gasteiger partial charge in [-0.05, 0) is 68.7 Å². The lowest BCUT2D eigenvalue weighted by molar-refractivity contribution is -0.122. The number of aryl methyl sites for hydroxylation is 1. The van der Waals surface area contributed by atoms with Crippen molar-refractivity contribution in [1.82, 2.24) is 39.9 Å². The molecule has 1 aliphatic carbocycles. The first-order chi connectivity index (χ1) is 32.9. The smallest absolute Gasteiger partial charge is 0.263 e. The molecular formula is C47H59N13O8. The van der Waals surface area contributed by atoms with Crippen LogP contribution in [0.4, 0.5) is 34.6 Å². The van der Waals surface area contributed by atoms with Gasteiger partial charge in [0, 0.05) is 76.2 Å². The Morgan fingerprint density at radius 2 is 1.59 bits per heavy atom. The number of hydrogen-bond donors (Lipinski definition) is 4. The highest BCUT2D eigenvalue weighted by Crippen LogP contribution is 2.32. The standard InChI is InChI=1S/C47H59N13O8/c1-30-36-28-50-47(54-44(36)60(32-8-6-7-9-32)46(65)43(30)31(2)61)53-38-13-11-34(27-49-38)59-20-18-58(19-21-59)29-41(63)48-17-23-68-25-24-67-22-16-40(62)51-37-26-33(57(3)4)10-12-35(37)45(64)52-39-14-15-42(66-5)56-55-39/h10-15,26-28,32H,6-9,16-25,29H2,1-5H3,(H,48,63)(H,51,62)(H,52,55,64)(H,49,50,53,54). The molecule has 0 atom stereocenters. The Morgan fingerprint density at radius 1 is 0.838 bits per heavy atom. The molecule has 1 saturated heterocycles. The highest BCUT2D eigenvalue weighted by molar-refractivity contribution is 6.10. The van der Waals surface area contributed by atoms with Crippen LogP contribution in [0.25, 0.3) is 11.0 Å². The molecule has 1 aliphatic heterocycles. The number of ether oxygens (including phenoxy) is 3. The van der Waals surface area contributed by atoms with Crippen molar-refractivity contribution in [2.45, 2.75) is 52.0 Å². The van der Waals surface area contributed by atoms with Crippen LogP contribution >= 0.6 is 0 Å². The Labute approximate surface area is 394 Å².